The molecule has 8 heteroatoms. The molecule has 0 unspecified atom stereocenters. The number of carbonyl (C=O) groups excluding carboxylic acids is 1. The molecule has 2 aliphatic rings. The van der Waals surface area contributed by atoms with E-state index >= 15 is 0 Å². The number of H-pyrrole nitrogens is 1. The van der Waals surface area contributed by atoms with Crippen molar-refractivity contribution in [2.45, 2.75) is 50.5 Å². The SMILES string of the molecule is Cc1n[nH]c(C)c1S(=O)(=O)N1CCC(NC(=O)C2CC2)CC1. The van der Waals surface area contributed by atoms with Gasteiger partial charge in [-0.1, -0.05) is 0 Å². The van der Waals surface area contributed by atoms with Crippen LogP contribution in [0.25, 0.3) is 0 Å². The third-order valence-corrected chi connectivity index (χ3v) is 6.57. The summed E-state index contributed by atoms with van der Waals surface area (Å²) in [6, 6.07) is 0.0890. The van der Waals surface area contributed by atoms with Crippen LogP contribution in [0.1, 0.15) is 37.1 Å². The Balaban J connectivity index is 1.64. The molecule has 2 N–H and O–H groups in total. The number of sulfonamides is 1. The summed E-state index contributed by atoms with van der Waals surface area (Å²) in [7, 11) is -3.51. The van der Waals surface area contributed by atoms with Gasteiger partial charge in [-0.3, -0.25) is 9.89 Å². The van der Waals surface area contributed by atoms with Crippen molar-refractivity contribution in [2.24, 2.45) is 5.92 Å². The van der Waals surface area contributed by atoms with Gasteiger partial charge < -0.3 is 5.32 Å². The zero-order valence-electron chi connectivity index (χ0n) is 12.9. The van der Waals surface area contributed by atoms with E-state index in [0.29, 0.717) is 37.3 Å². The largest absolute Gasteiger partial charge is 0.353 e. The Morgan fingerprint density at radius 3 is 2.36 bits per heavy atom. The van der Waals surface area contributed by atoms with Crippen LogP contribution >= 0.6 is 0 Å². The van der Waals surface area contributed by atoms with E-state index in [0.717, 1.165) is 12.8 Å². The number of nitrogens with one attached hydrogen (secondary N) is 2. The van der Waals surface area contributed by atoms with Crippen molar-refractivity contribution in [3.8, 4) is 0 Å². The minimum atomic E-state index is -3.51. The summed E-state index contributed by atoms with van der Waals surface area (Å²) in [4.78, 5) is 12.1. The maximum absolute atomic E-state index is 12.7. The maximum atomic E-state index is 12.7. The highest BCUT2D eigenvalue weighted by atomic mass is 32.2. The van der Waals surface area contributed by atoms with Crippen molar-refractivity contribution >= 4 is 15.9 Å². The third-order valence-electron chi connectivity index (χ3n) is 4.41. The quantitative estimate of drug-likeness (QED) is 0.851. The number of aromatic amines is 1. The van der Waals surface area contributed by atoms with Gasteiger partial charge in [-0.05, 0) is 39.5 Å². The molecule has 1 saturated heterocycles. The van der Waals surface area contributed by atoms with Crippen molar-refractivity contribution < 1.29 is 13.2 Å². The summed E-state index contributed by atoms with van der Waals surface area (Å²) >= 11 is 0. The average molecular weight is 326 g/mol. The Labute approximate surface area is 130 Å². The number of rotatable bonds is 4. The molecule has 1 amide bonds. The van der Waals surface area contributed by atoms with Crippen molar-refractivity contribution in [3.05, 3.63) is 11.4 Å². The fourth-order valence-electron chi connectivity index (χ4n) is 2.95. The number of piperidine rings is 1. The van der Waals surface area contributed by atoms with Crippen LogP contribution in [-0.4, -0.2) is 48.0 Å². The Morgan fingerprint density at radius 1 is 1.23 bits per heavy atom. The highest BCUT2D eigenvalue weighted by Gasteiger charge is 2.35. The second kappa shape index (κ2) is 5.66. The lowest BCUT2D eigenvalue weighted by atomic mass is 10.1. The van der Waals surface area contributed by atoms with Gasteiger partial charge in [0.05, 0.1) is 11.4 Å². The van der Waals surface area contributed by atoms with Gasteiger partial charge in [0.2, 0.25) is 15.9 Å². The van der Waals surface area contributed by atoms with E-state index < -0.39 is 10.0 Å². The zero-order valence-corrected chi connectivity index (χ0v) is 13.7. The van der Waals surface area contributed by atoms with Gasteiger partial charge in [0.25, 0.3) is 0 Å². The molecule has 1 aliphatic heterocycles. The van der Waals surface area contributed by atoms with Crippen LogP contribution in [0.3, 0.4) is 0 Å². The van der Waals surface area contributed by atoms with Gasteiger partial charge in [-0.2, -0.15) is 9.40 Å². The van der Waals surface area contributed by atoms with Crippen LogP contribution in [0, 0.1) is 19.8 Å². The number of aromatic nitrogens is 2. The lowest BCUT2D eigenvalue weighted by molar-refractivity contribution is -0.123. The summed E-state index contributed by atoms with van der Waals surface area (Å²) in [5.41, 5.74) is 1.07. The highest BCUT2D eigenvalue weighted by Crippen LogP contribution is 2.30. The maximum Gasteiger partial charge on any atom is 0.246 e. The summed E-state index contributed by atoms with van der Waals surface area (Å²) < 4.78 is 26.9. The fraction of sp³-hybridized carbons (Fsp3) is 0.714. The first-order chi connectivity index (χ1) is 10.4. The Hall–Kier alpha value is -1.41. The monoisotopic (exact) mass is 326 g/mol. The molecule has 0 radical (unpaired) electrons. The second-order valence-corrected chi connectivity index (χ2v) is 8.10. The van der Waals surface area contributed by atoms with Crippen LogP contribution in [0.15, 0.2) is 4.90 Å². The van der Waals surface area contributed by atoms with Crippen molar-refractivity contribution in [3.63, 3.8) is 0 Å². The lowest BCUT2D eigenvalue weighted by Crippen LogP contribution is -2.47. The number of nitrogens with zero attached hydrogens (tertiary/aromatic N) is 2. The van der Waals surface area contributed by atoms with Crippen LogP contribution in [0.2, 0.25) is 0 Å². The predicted molar refractivity (Wildman–Crippen MR) is 80.7 cm³/mol. The van der Waals surface area contributed by atoms with Gasteiger partial charge in [-0.15, -0.1) is 0 Å². The molecule has 2 fully saturated rings. The van der Waals surface area contributed by atoms with E-state index in [-0.39, 0.29) is 22.8 Å². The molecule has 2 heterocycles. The van der Waals surface area contributed by atoms with E-state index in [2.05, 4.69) is 15.5 Å². The fourth-order valence-corrected chi connectivity index (χ4v) is 4.76. The van der Waals surface area contributed by atoms with Gasteiger partial charge in [0.1, 0.15) is 4.90 Å². The van der Waals surface area contributed by atoms with Crippen LogP contribution in [-0.2, 0) is 14.8 Å². The van der Waals surface area contributed by atoms with Gasteiger partial charge >= 0.3 is 0 Å². The molecule has 0 atom stereocenters. The molecular formula is C14H22N4O3S. The number of amides is 1. The van der Waals surface area contributed by atoms with E-state index in [4.69, 9.17) is 0 Å². The average Bonchev–Trinajstić information content (AvgIpc) is 3.25. The van der Waals surface area contributed by atoms with Gasteiger partial charge in [0.15, 0.2) is 0 Å². The minimum Gasteiger partial charge on any atom is -0.353 e. The summed E-state index contributed by atoms with van der Waals surface area (Å²) in [5.74, 6) is 0.320. The van der Waals surface area contributed by atoms with Gasteiger partial charge in [-0.25, -0.2) is 8.42 Å². The Morgan fingerprint density at radius 2 is 1.86 bits per heavy atom. The van der Waals surface area contributed by atoms with E-state index in [1.165, 1.54) is 4.31 Å². The standard InChI is InChI=1S/C14H22N4O3S/c1-9-13(10(2)17-16-9)22(20,21)18-7-5-12(6-8-18)15-14(19)11-3-4-11/h11-12H,3-8H2,1-2H3,(H,15,19)(H,16,17). The Kier molecular flexibility index (Phi) is 3.98. The first-order valence-corrected chi connectivity index (χ1v) is 9.15. The van der Waals surface area contributed by atoms with Crippen LogP contribution in [0.4, 0.5) is 0 Å². The number of carbonyl (C=O) groups is 1. The first-order valence-electron chi connectivity index (χ1n) is 7.71. The third kappa shape index (κ3) is 2.89. The number of aryl methyl sites for hydroxylation is 2. The summed E-state index contributed by atoms with van der Waals surface area (Å²) in [6.07, 6.45) is 3.29. The molecule has 1 saturated carbocycles. The second-order valence-electron chi connectivity index (χ2n) is 6.22. The normalized spacial score (nSPS) is 21.0. The molecule has 1 aliphatic carbocycles. The van der Waals surface area contributed by atoms with Gasteiger partial charge in [0, 0.05) is 25.0 Å². The molecule has 1 aromatic heterocycles. The van der Waals surface area contributed by atoms with Crippen LogP contribution < -0.4 is 5.32 Å². The first kappa shape index (κ1) is 15.5. The summed E-state index contributed by atoms with van der Waals surface area (Å²) in [6.45, 7) is 4.28. The smallest absolute Gasteiger partial charge is 0.246 e. The predicted octanol–water partition coefficient (Wildman–Crippen LogP) is 0.706. The minimum absolute atomic E-state index is 0.0890. The molecule has 3 rings (SSSR count). The van der Waals surface area contributed by atoms with Crippen molar-refractivity contribution in [1.82, 2.24) is 19.8 Å². The summed E-state index contributed by atoms with van der Waals surface area (Å²) in [5, 5.41) is 9.73. The topological polar surface area (TPSA) is 95.2 Å². The zero-order chi connectivity index (χ0) is 15.9. The molecule has 122 valence electrons. The van der Waals surface area contributed by atoms with Crippen molar-refractivity contribution in [1.29, 1.82) is 0 Å². The lowest BCUT2D eigenvalue weighted by Gasteiger charge is -2.31. The molecule has 7 nitrogen and oxygen atoms in total. The Bertz CT molecular complexity index is 651. The van der Waals surface area contributed by atoms with Crippen LogP contribution in [0.5, 0.6) is 0 Å². The molecule has 22 heavy (non-hydrogen) atoms. The molecule has 1 aromatic rings. The molecule has 0 spiro atoms. The molecular weight excluding hydrogens is 304 g/mol. The highest BCUT2D eigenvalue weighted by molar-refractivity contribution is 7.89. The number of hydrogen-bond acceptors (Lipinski definition) is 4. The number of hydrogen-bond donors (Lipinski definition) is 2. The van der Waals surface area contributed by atoms with Crippen molar-refractivity contribution in [2.75, 3.05) is 13.1 Å². The van der Waals surface area contributed by atoms with E-state index in [1.54, 1.807) is 13.8 Å². The van der Waals surface area contributed by atoms with E-state index in [1.807, 2.05) is 0 Å². The van der Waals surface area contributed by atoms with E-state index in [9.17, 15) is 13.2 Å². The molecule has 0 aromatic carbocycles. The molecule has 0 bridgehead atoms.